The normalized spacial score (nSPS) is 14.5. The highest BCUT2D eigenvalue weighted by Gasteiger charge is 2.19. The van der Waals surface area contributed by atoms with Crippen molar-refractivity contribution in [2.75, 3.05) is 27.3 Å². The topological polar surface area (TPSA) is 56.6 Å². The minimum atomic E-state index is -0.592. The van der Waals surface area contributed by atoms with Crippen LogP contribution in [0.4, 0.5) is 8.78 Å². The summed E-state index contributed by atoms with van der Waals surface area (Å²) >= 11 is 0. The first-order chi connectivity index (χ1) is 14.0. The van der Waals surface area contributed by atoms with E-state index >= 15 is 0 Å². The molecule has 152 valence electrons. The summed E-state index contributed by atoms with van der Waals surface area (Å²) in [5.74, 6) is 0.487. The second kappa shape index (κ2) is 7.79. The Bertz CT molecular complexity index is 1110. The molecule has 0 atom stereocenters. The second-order valence-corrected chi connectivity index (χ2v) is 7.01. The zero-order valence-electron chi connectivity index (χ0n) is 16.2. The summed E-state index contributed by atoms with van der Waals surface area (Å²) in [4.78, 5) is 19.8. The van der Waals surface area contributed by atoms with Gasteiger partial charge in [0.15, 0.2) is 11.5 Å². The zero-order valence-corrected chi connectivity index (χ0v) is 16.2. The first-order valence-electron chi connectivity index (χ1n) is 9.31. The van der Waals surface area contributed by atoms with Crippen LogP contribution in [0.25, 0.3) is 10.9 Å². The molecule has 0 spiro atoms. The van der Waals surface area contributed by atoms with Crippen LogP contribution in [0.15, 0.2) is 35.1 Å². The molecule has 0 N–H and O–H groups in total. The predicted octanol–water partition coefficient (Wildman–Crippen LogP) is 2.75. The third-order valence-electron chi connectivity index (χ3n) is 5.16. The fourth-order valence-corrected chi connectivity index (χ4v) is 3.75. The second-order valence-electron chi connectivity index (χ2n) is 7.01. The SMILES string of the molecule is COc1cc2nc3n(c(=O)c2cc1OC)CCN(Cc1cc(F)cc(F)c1)CC3. The van der Waals surface area contributed by atoms with Crippen LogP contribution in [0.3, 0.4) is 0 Å². The lowest BCUT2D eigenvalue weighted by Gasteiger charge is -2.19. The fourth-order valence-electron chi connectivity index (χ4n) is 3.75. The number of halogens is 2. The van der Waals surface area contributed by atoms with Crippen molar-refractivity contribution in [3.8, 4) is 11.5 Å². The first kappa shape index (κ1) is 19.3. The molecule has 3 aromatic rings. The van der Waals surface area contributed by atoms with Gasteiger partial charge in [0.2, 0.25) is 0 Å². The highest BCUT2D eigenvalue weighted by atomic mass is 19.1. The largest absolute Gasteiger partial charge is 0.493 e. The van der Waals surface area contributed by atoms with Crippen LogP contribution in [0.5, 0.6) is 11.5 Å². The molecule has 4 rings (SSSR count). The average molecular weight is 401 g/mol. The molecule has 0 unspecified atom stereocenters. The van der Waals surface area contributed by atoms with Gasteiger partial charge in [-0.1, -0.05) is 0 Å². The minimum absolute atomic E-state index is 0.135. The monoisotopic (exact) mass is 401 g/mol. The Morgan fingerprint density at radius 2 is 1.66 bits per heavy atom. The summed E-state index contributed by atoms with van der Waals surface area (Å²) in [5, 5.41) is 0.465. The van der Waals surface area contributed by atoms with Gasteiger partial charge < -0.3 is 9.47 Å². The molecule has 0 aliphatic carbocycles. The number of benzene rings is 2. The number of aromatic nitrogens is 2. The molecule has 0 amide bonds. The van der Waals surface area contributed by atoms with E-state index in [1.165, 1.54) is 26.4 Å². The van der Waals surface area contributed by atoms with E-state index in [-0.39, 0.29) is 5.56 Å². The summed E-state index contributed by atoms with van der Waals surface area (Å²) in [7, 11) is 3.05. The van der Waals surface area contributed by atoms with Crippen molar-refractivity contribution in [3.63, 3.8) is 0 Å². The molecule has 0 bridgehead atoms. The molecule has 29 heavy (non-hydrogen) atoms. The third-order valence-corrected chi connectivity index (χ3v) is 5.16. The number of hydrogen-bond acceptors (Lipinski definition) is 5. The van der Waals surface area contributed by atoms with Gasteiger partial charge in [-0.25, -0.2) is 13.8 Å². The van der Waals surface area contributed by atoms with Crippen molar-refractivity contribution >= 4 is 10.9 Å². The Kier molecular flexibility index (Phi) is 5.19. The number of rotatable bonds is 4. The van der Waals surface area contributed by atoms with Gasteiger partial charge in [-0.05, 0) is 23.8 Å². The molecule has 0 radical (unpaired) electrons. The van der Waals surface area contributed by atoms with E-state index in [1.807, 2.05) is 0 Å². The molecular weight excluding hydrogens is 380 g/mol. The average Bonchev–Trinajstić information content (AvgIpc) is 2.89. The molecule has 6 nitrogen and oxygen atoms in total. The summed E-state index contributed by atoms with van der Waals surface area (Å²) < 4.78 is 39.2. The molecule has 2 heterocycles. The number of methoxy groups -OCH3 is 2. The quantitative estimate of drug-likeness (QED) is 0.673. The maximum absolute atomic E-state index is 13.5. The molecular formula is C21H21F2N3O3. The number of nitrogens with zero attached hydrogens (tertiary/aromatic N) is 3. The molecule has 1 aliphatic heterocycles. The summed E-state index contributed by atoms with van der Waals surface area (Å²) in [6, 6.07) is 6.87. The lowest BCUT2D eigenvalue weighted by atomic mass is 10.2. The lowest BCUT2D eigenvalue weighted by molar-refractivity contribution is 0.270. The summed E-state index contributed by atoms with van der Waals surface area (Å²) in [6.07, 6.45) is 0.553. The maximum Gasteiger partial charge on any atom is 0.261 e. The van der Waals surface area contributed by atoms with Crippen LogP contribution >= 0.6 is 0 Å². The van der Waals surface area contributed by atoms with Crippen molar-refractivity contribution in [1.82, 2.24) is 14.5 Å². The van der Waals surface area contributed by atoms with Crippen LogP contribution in [0.1, 0.15) is 11.4 Å². The van der Waals surface area contributed by atoms with Gasteiger partial charge in [0, 0.05) is 44.7 Å². The predicted molar refractivity (Wildman–Crippen MR) is 104 cm³/mol. The molecule has 1 aliphatic rings. The van der Waals surface area contributed by atoms with Crippen LogP contribution in [-0.2, 0) is 19.5 Å². The Hall–Kier alpha value is -3.00. The van der Waals surface area contributed by atoms with E-state index in [0.29, 0.717) is 66.4 Å². The number of ether oxygens (including phenoxy) is 2. The molecule has 0 fully saturated rings. The van der Waals surface area contributed by atoms with E-state index in [0.717, 1.165) is 6.07 Å². The van der Waals surface area contributed by atoms with Crippen LogP contribution in [0.2, 0.25) is 0 Å². The van der Waals surface area contributed by atoms with Gasteiger partial charge in [0.05, 0.1) is 25.1 Å². The smallest absolute Gasteiger partial charge is 0.261 e. The first-order valence-corrected chi connectivity index (χ1v) is 9.31. The number of hydrogen-bond donors (Lipinski definition) is 0. The van der Waals surface area contributed by atoms with Crippen LogP contribution in [0, 0.1) is 11.6 Å². The summed E-state index contributed by atoms with van der Waals surface area (Å²) in [5.41, 5.74) is 0.984. The third kappa shape index (κ3) is 3.80. The van der Waals surface area contributed by atoms with E-state index in [1.54, 1.807) is 16.7 Å². The van der Waals surface area contributed by atoms with Gasteiger partial charge in [-0.2, -0.15) is 0 Å². The molecule has 2 aromatic carbocycles. The molecule has 0 saturated heterocycles. The van der Waals surface area contributed by atoms with E-state index in [9.17, 15) is 13.6 Å². The van der Waals surface area contributed by atoms with Gasteiger partial charge >= 0.3 is 0 Å². The van der Waals surface area contributed by atoms with Gasteiger partial charge in [0.1, 0.15) is 17.5 Å². The van der Waals surface area contributed by atoms with Gasteiger partial charge in [0.25, 0.3) is 5.56 Å². The van der Waals surface area contributed by atoms with Crippen LogP contribution in [-0.4, -0.2) is 41.8 Å². The Labute approximate surface area is 166 Å². The standard InChI is InChI=1S/C21H21F2N3O3/c1-28-18-10-16-17(11-19(18)29-2)24-20-3-4-25(5-6-26(20)21(16)27)12-13-7-14(22)9-15(23)8-13/h7-11H,3-6,12H2,1-2H3. The van der Waals surface area contributed by atoms with E-state index in [4.69, 9.17) is 9.47 Å². The highest BCUT2D eigenvalue weighted by Crippen LogP contribution is 2.30. The maximum atomic E-state index is 13.5. The van der Waals surface area contributed by atoms with Crippen molar-refractivity contribution < 1.29 is 18.3 Å². The van der Waals surface area contributed by atoms with Crippen molar-refractivity contribution in [3.05, 3.63) is 63.7 Å². The number of fused-ring (bicyclic) bond motifs is 2. The molecule has 1 aromatic heterocycles. The van der Waals surface area contributed by atoms with Crippen molar-refractivity contribution in [2.45, 2.75) is 19.5 Å². The lowest BCUT2D eigenvalue weighted by Crippen LogP contribution is -2.28. The Balaban J connectivity index is 1.65. The zero-order chi connectivity index (χ0) is 20.5. The fraction of sp³-hybridized carbons (Fsp3) is 0.333. The highest BCUT2D eigenvalue weighted by molar-refractivity contribution is 5.82. The van der Waals surface area contributed by atoms with E-state index < -0.39 is 11.6 Å². The van der Waals surface area contributed by atoms with Gasteiger partial charge in [-0.15, -0.1) is 0 Å². The Morgan fingerprint density at radius 3 is 2.34 bits per heavy atom. The molecule has 0 saturated carbocycles. The summed E-state index contributed by atoms with van der Waals surface area (Å²) in [6.45, 7) is 2.05. The Morgan fingerprint density at radius 1 is 0.966 bits per heavy atom. The van der Waals surface area contributed by atoms with Gasteiger partial charge in [-0.3, -0.25) is 14.3 Å². The van der Waals surface area contributed by atoms with Crippen molar-refractivity contribution in [1.29, 1.82) is 0 Å². The van der Waals surface area contributed by atoms with E-state index in [2.05, 4.69) is 9.88 Å². The minimum Gasteiger partial charge on any atom is -0.493 e. The van der Waals surface area contributed by atoms with Crippen molar-refractivity contribution in [2.24, 2.45) is 0 Å². The van der Waals surface area contributed by atoms with Crippen LogP contribution < -0.4 is 15.0 Å². The molecule has 8 heteroatoms.